The van der Waals surface area contributed by atoms with E-state index < -0.39 is 18.2 Å². The molecule has 0 saturated heterocycles. The van der Waals surface area contributed by atoms with Crippen molar-refractivity contribution in [3.8, 4) is 17.6 Å². The Morgan fingerprint density at radius 2 is 1.91 bits per heavy atom. The summed E-state index contributed by atoms with van der Waals surface area (Å²) in [6.45, 7) is 5.19. The van der Waals surface area contributed by atoms with E-state index in [9.17, 15) is 9.18 Å². The first-order valence-corrected chi connectivity index (χ1v) is 10.7. The number of rotatable bonds is 12. The fourth-order valence-corrected chi connectivity index (χ4v) is 3.03. The van der Waals surface area contributed by atoms with Crippen LogP contribution in [0.5, 0.6) is 11.5 Å². The number of hydrogen-bond donors (Lipinski definition) is 0. The van der Waals surface area contributed by atoms with Gasteiger partial charge in [0.1, 0.15) is 30.8 Å². The van der Waals surface area contributed by atoms with E-state index in [0.29, 0.717) is 17.2 Å². The number of alkyl halides is 1. The summed E-state index contributed by atoms with van der Waals surface area (Å²) in [6.07, 6.45) is -1.99. The van der Waals surface area contributed by atoms with Crippen molar-refractivity contribution >= 4 is 17.6 Å². The molecule has 0 saturated carbocycles. The van der Waals surface area contributed by atoms with Crippen LogP contribution in [0.1, 0.15) is 31.9 Å². The molecule has 6 nitrogen and oxygen atoms in total. The van der Waals surface area contributed by atoms with Gasteiger partial charge in [-0.05, 0) is 56.7 Å². The van der Waals surface area contributed by atoms with E-state index in [-0.39, 0.29) is 37.2 Å². The molecular weight excluding hydrogens is 437 g/mol. The van der Waals surface area contributed by atoms with E-state index in [1.807, 2.05) is 26.0 Å². The minimum atomic E-state index is -1.42. The quantitative estimate of drug-likeness (QED) is 0.416. The summed E-state index contributed by atoms with van der Waals surface area (Å²) in [7, 11) is 0. The molecular formula is C24H27ClFNO5. The van der Waals surface area contributed by atoms with Crippen LogP contribution in [-0.2, 0) is 20.7 Å². The van der Waals surface area contributed by atoms with Gasteiger partial charge in [-0.2, -0.15) is 5.26 Å². The van der Waals surface area contributed by atoms with Crippen LogP contribution in [0.2, 0.25) is 5.02 Å². The van der Waals surface area contributed by atoms with Crippen molar-refractivity contribution in [2.75, 3.05) is 19.8 Å². The molecule has 32 heavy (non-hydrogen) atoms. The lowest BCUT2D eigenvalue weighted by Crippen LogP contribution is -2.31. The van der Waals surface area contributed by atoms with E-state index in [4.69, 9.17) is 35.8 Å². The average Bonchev–Trinajstić information content (AvgIpc) is 2.76. The summed E-state index contributed by atoms with van der Waals surface area (Å²) < 4.78 is 36.0. The molecule has 2 rings (SSSR count). The molecule has 2 aromatic carbocycles. The number of carbonyl (C=O) groups is 1. The third kappa shape index (κ3) is 8.37. The molecule has 0 aliphatic carbocycles. The van der Waals surface area contributed by atoms with Crippen molar-refractivity contribution in [3.05, 3.63) is 58.6 Å². The van der Waals surface area contributed by atoms with Crippen molar-refractivity contribution in [3.63, 3.8) is 0 Å². The second-order valence-corrected chi connectivity index (χ2v) is 7.69. The van der Waals surface area contributed by atoms with Crippen molar-refractivity contribution in [1.29, 1.82) is 5.26 Å². The topological polar surface area (TPSA) is 77.8 Å². The fourth-order valence-electron chi connectivity index (χ4n) is 2.86. The number of hydrogen-bond acceptors (Lipinski definition) is 6. The highest BCUT2D eigenvalue weighted by molar-refractivity contribution is 6.30. The van der Waals surface area contributed by atoms with Gasteiger partial charge in [0.05, 0.1) is 18.3 Å². The summed E-state index contributed by atoms with van der Waals surface area (Å²) in [5, 5.41) is 9.52. The molecule has 2 atom stereocenters. The normalized spacial score (nSPS) is 12.7. The largest absolute Gasteiger partial charge is 0.490 e. The van der Waals surface area contributed by atoms with Gasteiger partial charge in [-0.3, -0.25) is 0 Å². The zero-order valence-corrected chi connectivity index (χ0v) is 19.1. The van der Waals surface area contributed by atoms with Crippen LogP contribution in [0, 0.1) is 11.3 Å². The predicted molar refractivity (Wildman–Crippen MR) is 119 cm³/mol. The summed E-state index contributed by atoms with van der Waals surface area (Å²) in [6, 6.07) is 13.5. The van der Waals surface area contributed by atoms with Gasteiger partial charge in [-0.1, -0.05) is 23.7 Å². The van der Waals surface area contributed by atoms with Gasteiger partial charge in [0.25, 0.3) is 0 Å². The molecule has 0 amide bonds. The minimum Gasteiger partial charge on any atom is -0.490 e. The highest BCUT2D eigenvalue weighted by atomic mass is 35.5. The number of carbonyl (C=O) groups excluding carboxylic acids is 1. The number of nitrogens with zero attached hydrogens (tertiary/aromatic N) is 1. The van der Waals surface area contributed by atoms with E-state index in [2.05, 4.69) is 0 Å². The predicted octanol–water partition coefficient (Wildman–Crippen LogP) is 4.91. The third-order valence-corrected chi connectivity index (χ3v) is 4.45. The second-order valence-electron chi connectivity index (χ2n) is 7.25. The summed E-state index contributed by atoms with van der Waals surface area (Å²) in [5.74, 6) is 0.297. The van der Waals surface area contributed by atoms with E-state index in [1.54, 1.807) is 31.2 Å². The lowest BCUT2D eigenvalue weighted by atomic mass is 10.1. The Hall–Kier alpha value is -2.82. The summed E-state index contributed by atoms with van der Waals surface area (Å²) >= 11 is 5.84. The SMILES string of the molecule is CCOC(=O)[C@H](Cc1cccc(OC[C@H](F)COc2ccc(Cl)cc2C#N)c1)OC(C)C. The van der Waals surface area contributed by atoms with Crippen LogP contribution in [0.4, 0.5) is 4.39 Å². The third-order valence-electron chi connectivity index (χ3n) is 4.22. The molecule has 0 spiro atoms. The number of benzene rings is 2. The number of esters is 1. The lowest BCUT2D eigenvalue weighted by Gasteiger charge is -2.19. The van der Waals surface area contributed by atoms with Crippen molar-refractivity contribution in [2.24, 2.45) is 0 Å². The smallest absolute Gasteiger partial charge is 0.335 e. The number of ether oxygens (including phenoxy) is 4. The van der Waals surface area contributed by atoms with Crippen LogP contribution in [0.15, 0.2) is 42.5 Å². The Morgan fingerprint density at radius 3 is 2.59 bits per heavy atom. The van der Waals surface area contributed by atoms with Crippen molar-refractivity contribution < 1.29 is 28.1 Å². The second kappa shape index (κ2) is 12.9. The van der Waals surface area contributed by atoms with Gasteiger partial charge in [-0.15, -0.1) is 0 Å². The zero-order valence-electron chi connectivity index (χ0n) is 18.3. The van der Waals surface area contributed by atoms with Crippen LogP contribution in [0.25, 0.3) is 0 Å². The van der Waals surface area contributed by atoms with Crippen LogP contribution < -0.4 is 9.47 Å². The van der Waals surface area contributed by atoms with Crippen LogP contribution >= 0.6 is 11.6 Å². The molecule has 0 heterocycles. The van der Waals surface area contributed by atoms with Gasteiger partial charge >= 0.3 is 5.97 Å². The molecule has 0 radical (unpaired) electrons. The van der Waals surface area contributed by atoms with E-state index in [0.717, 1.165) is 5.56 Å². The molecule has 0 fully saturated rings. The maximum absolute atomic E-state index is 14.3. The summed E-state index contributed by atoms with van der Waals surface area (Å²) in [4.78, 5) is 12.2. The Balaban J connectivity index is 1.91. The Kier molecular flexibility index (Phi) is 10.3. The first-order valence-electron chi connectivity index (χ1n) is 10.3. The Morgan fingerprint density at radius 1 is 1.16 bits per heavy atom. The number of nitriles is 1. The van der Waals surface area contributed by atoms with Gasteiger partial charge in [0.2, 0.25) is 0 Å². The molecule has 0 unspecified atom stereocenters. The maximum atomic E-state index is 14.3. The molecule has 172 valence electrons. The highest BCUT2D eigenvalue weighted by Gasteiger charge is 2.22. The first kappa shape index (κ1) is 25.4. The molecule has 0 aliphatic rings. The molecule has 0 bridgehead atoms. The standard InChI is InChI=1S/C24H27ClFNO5/c1-4-29-24(28)23(32-16(2)3)11-17-6-5-7-21(10-17)30-14-20(26)15-31-22-9-8-19(25)12-18(22)13-27/h5-10,12,16,20,23H,4,11,14-15H2,1-3H3/t20-,23-/m0/s1. The van der Waals surface area contributed by atoms with Gasteiger partial charge in [-0.25, -0.2) is 9.18 Å². The van der Waals surface area contributed by atoms with Gasteiger partial charge in [0.15, 0.2) is 12.3 Å². The zero-order chi connectivity index (χ0) is 23.5. The first-order chi connectivity index (χ1) is 15.3. The van der Waals surface area contributed by atoms with Crippen LogP contribution in [0.3, 0.4) is 0 Å². The van der Waals surface area contributed by atoms with Crippen LogP contribution in [-0.4, -0.2) is 44.2 Å². The summed E-state index contributed by atoms with van der Waals surface area (Å²) in [5.41, 5.74) is 1.03. The molecule has 0 N–H and O–H groups in total. The Bertz CT molecular complexity index is 931. The lowest BCUT2D eigenvalue weighted by molar-refractivity contribution is -0.159. The molecule has 0 aliphatic heterocycles. The molecule has 2 aromatic rings. The van der Waals surface area contributed by atoms with Crippen molar-refractivity contribution in [1.82, 2.24) is 0 Å². The average molecular weight is 464 g/mol. The van der Waals surface area contributed by atoms with E-state index >= 15 is 0 Å². The maximum Gasteiger partial charge on any atom is 0.335 e. The van der Waals surface area contributed by atoms with Gasteiger partial charge < -0.3 is 18.9 Å². The highest BCUT2D eigenvalue weighted by Crippen LogP contribution is 2.23. The number of halogens is 2. The minimum absolute atomic E-state index is 0.140. The fraction of sp³-hybridized carbons (Fsp3) is 0.417. The molecule has 8 heteroatoms. The van der Waals surface area contributed by atoms with Gasteiger partial charge in [0, 0.05) is 11.4 Å². The molecule has 0 aromatic heterocycles. The monoisotopic (exact) mass is 463 g/mol. The Labute approximate surface area is 192 Å². The van der Waals surface area contributed by atoms with Crippen molar-refractivity contribution in [2.45, 2.75) is 45.6 Å². The van der Waals surface area contributed by atoms with E-state index in [1.165, 1.54) is 12.1 Å².